The molecular formula is C14H25ClN2O2. The van der Waals surface area contributed by atoms with Crippen molar-refractivity contribution in [2.45, 2.75) is 40.2 Å². The molecule has 1 heterocycles. The van der Waals surface area contributed by atoms with Crippen LogP contribution in [0.4, 0.5) is 0 Å². The highest BCUT2D eigenvalue weighted by Gasteiger charge is 2.19. The van der Waals surface area contributed by atoms with Gasteiger partial charge in [-0.05, 0) is 18.9 Å². The lowest BCUT2D eigenvalue weighted by Crippen LogP contribution is -2.34. The highest BCUT2D eigenvalue weighted by atomic mass is 35.5. The minimum Gasteiger partial charge on any atom is -0.467 e. The molecule has 19 heavy (non-hydrogen) atoms. The maximum Gasteiger partial charge on any atom is 0.257 e. The van der Waals surface area contributed by atoms with E-state index in [1.54, 1.807) is 6.07 Å². The van der Waals surface area contributed by atoms with E-state index in [9.17, 15) is 4.79 Å². The molecule has 0 atom stereocenters. The van der Waals surface area contributed by atoms with Crippen molar-refractivity contribution in [1.29, 1.82) is 0 Å². The second kappa shape index (κ2) is 8.99. The van der Waals surface area contributed by atoms with Gasteiger partial charge in [-0.3, -0.25) is 4.79 Å². The van der Waals surface area contributed by atoms with Gasteiger partial charge >= 0.3 is 0 Å². The Morgan fingerprint density at radius 3 is 2.42 bits per heavy atom. The third-order valence-electron chi connectivity index (χ3n) is 3.40. The van der Waals surface area contributed by atoms with E-state index in [0.717, 1.165) is 25.9 Å². The maximum absolute atomic E-state index is 12.3. The minimum absolute atomic E-state index is 0. The van der Waals surface area contributed by atoms with Gasteiger partial charge in [0.25, 0.3) is 5.91 Å². The van der Waals surface area contributed by atoms with Crippen molar-refractivity contribution in [3.05, 3.63) is 23.7 Å². The zero-order chi connectivity index (χ0) is 13.5. The van der Waals surface area contributed by atoms with Crippen LogP contribution in [0.25, 0.3) is 0 Å². The highest BCUT2D eigenvalue weighted by molar-refractivity contribution is 5.94. The van der Waals surface area contributed by atoms with Crippen LogP contribution >= 0.6 is 12.4 Å². The SMILES string of the molecule is CCC(CC)CN(CC)C(=O)c1coc(CN)c1.Cl. The molecular weight excluding hydrogens is 264 g/mol. The van der Waals surface area contributed by atoms with Gasteiger partial charge in [0.15, 0.2) is 0 Å². The number of hydrogen-bond donors (Lipinski definition) is 1. The molecule has 0 aromatic carbocycles. The first-order valence-corrected chi connectivity index (χ1v) is 6.72. The van der Waals surface area contributed by atoms with Crippen LogP contribution in [0.5, 0.6) is 0 Å². The smallest absolute Gasteiger partial charge is 0.257 e. The molecule has 1 amide bonds. The van der Waals surface area contributed by atoms with Crippen LogP contribution in [0.3, 0.4) is 0 Å². The van der Waals surface area contributed by atoms with Crippen molar-refractivity contribution >= 4 is 18.3 Å². The van der Waals surface area contributed by atoms with E-state index in [1.165, 1.54) is 6.26 Å². The molecule has 0 aliphatic heterocycles. The van der Waals surface area contributed by atoms with Crippen LogP contribution in [-0.4, -0.2) is 23.9 Å². The first-order valence-electron chi connectivity index (χ1n) is 6.72. The van der Waals surface area contributed by atoms with Crippen molar-refractivity contribution in [2.75, 3.05) is 13.1 Å². The fourth-order valence-corrected chi connectivity index (χ4v) is 2.00. The van der Waals surface area contributed by atoms with Gasteiger partial charge in [0, 0.05) is 13.1 Å². The Balaban J connectivity index is 0.00000324. The van der Waals surface area contributed by atoms with Gasteiger partial charge < -0.3 is 15.1 Å². The van der Waals surface area contributed by atoms with E-state index in [2.05, 4.69) is 13.8 Å². The number of carbonyl (C=O) groups excluding carboxylic acids is 1. The fraction of sp³-hybridized carbons (Fsp3) is 0.643. The third-order valence-corrected chi connectivity index (χ3v) is 3.40. The summed E-state index contributed by atoms with van der Waals surface area (Å²) in [6.45, 7) is 8.19. The van der Waals surface area contributed by atoms with E-state index in [1.807, 2.05) is 11.8 Å². The molecule has 0 aliphatic carbocycles. The van der Waals surface area contributed by atoms with Crippen molar-refractivity contribution in [1.82, 2.24) is 4.90 Å². The average molecular weight is 289 g/mol. The summed E-state index contributed by atoms with van der Waals surface area (Å²) in [4.78, 5) is 14.2. The Hall–Kier alpha value is -1.00. The quantitative estimate of drug-likeness (QED) is 0.839. The Bertz CT molecular complexity index is 375. The summed E-state index contributed by atoms with van der Waals surface area (Å²) in [6, 6.07) is 1.73. The molecule has 0 saturated carbocycles. The second-order valence-electron chi connectivity index (χ2n) is 4.53. The van der Waals surface area contributed by atoms with E-state index in [-0.39, 0.29) is 18.3 Å². The van der Waals surface area contributed by atoms with Crippen molar-refractivity contribution in [2.24, 2.45) is 11.7 Å². The molecule has 0 bridgehead atoms. The zero-order valence-electron chi connectivity index (χ0n) is 12.0. The molecule has 1 rings (SSSR count). The Kier molecular flexibility index (Phi) is 8.52. The first-order chi connectivity index (χ1) is 8.65. The van der Waals surface area contributed by atoms with Crippen molar-refractivity contribution in [3.63, 3.8) is 0 Å². The lowest BCUT2D eigenvalue weighted by Gasteiger charge is -2.24. The van der Waals surface area contributed by atoms with Gasteiger partial charge in [-0.1, -0.05) is 26.7 Å². The predicted octanol–water partition coefficient (Wildman–Crippen LogP) is 3.06. The molecule has 0 radical (unpaired) electrons. The predicted molar refractivity (Wildman–Crippen MR) is 79.5 cm³/mol. The lowest BCUT2D eigenvalue weighted by atomic mass is 10.0. The summed E-state index contributed by atoms with van der Waals surface area (Å²) >= 11 is 0. The molecule has 0 aliphatic rings. The molecule has 110 valence electrons. The van der Waals surface area contributed by atoms with Crippen LogP contribution in [0.15, 0.2) is 16.7 Å². The lowest BCUT2D eigenvalue weighted by molar-refractivity contribution is 0.0734. The van der Waals surface area contributed by atoms with Gasteiger partial charge in [-0.15, -0.1) is 12.4 Å². The molecule has 5 heteroatoms. The van der Waals surface area contributed by atoms with Crippen LogP contribution in [0.2, 0.25) is 0 Å². The summed E-state index contributed by atoms with van der Waals surface area (Å²) in [5.74, 6) is 1.25. The number of furan rings is 1. The summed E-state index contributed by atoms with van der Waals surface area (Å²) in [5, 5.41) is 0. The highest BCUT2D eigenvalue weighted by Crippen LogP contribution is 2.14. The van der Waals surface area contributed by atoms with Crippen LogP contribution in [-0.2, 0) is 6.54 Å². The van der Waals surface area contributed by atoms with Crippen LogP contribution < -0.4 is 5.73 Å². The maximum atomic E-state index is 12.3. The minimum atomic E-state index is 0. The summed E-state index contributed by atoms with van der Waals surface area (Å²) in [6.07, 6.45) is 3.69. The monoisotopic (exact) mass is 288 g/mol. The molecule has 1 aromatic heterocycles. The second-order valence-corrected chi connectivity index (χ2v) is 4.53. The van der Waals surface area contributed by atoms with Gasteiger partial charge in [-0.25, -0.2) is 0 Å². The topological polar surface area (TPSA) is 59.5 Å². The summed E-state index contributed by atoms with van der Waals surface area (Å²) in [5.41, 5.74) is 6.08. The number of carbonyl (C=O) groups is 1. The molecule has 1 aromatic rings. The Morgan fingerprint density at radius 1 is 1.37 bits per heavy atom. The Morgan fingerprint density at radius 2 is 2.00 bits per heavy atom. The first kappa shape index (κ1) is 18.0. The van der Waals surface area contributed by atoms with Crippen LogP contribution in [0.1, 0.15) is 49.7 Å². The molecule has 2 N–H and O–H groups in total. The van der Waals surface area contributed by atoms with E-state index in [0.29, 0.717) is 23.8 Å². The molecule has 0 unspecified atom stereocenters. The molecule has 0 saturated heterocycles. The van der Waals surface area contributed by atoms with E-state index in [4.69, 9.17) is 10.2 Å². The largest absolute Gasteiger partial charge is 0.467 e. The van der Waals surface area contributed by atoms with Gasteiger partial charge in [0.1, 0.15) is 12.0 Å². The van der Waals surface area contributed by atoms with E-state index >= 15 is 0 Å². The van der Waals surface area contributed by atoms with Gasteiger partial charge in [0.2, 0.25) is 0 Å². The van der Waals surface area contributed by atoms with Crippen molar-refractivity contribution < 1.29 is 9.21 Å². The fourth-order valence-electron chi connectivity index (χ4n) is 2.00. The standard InChI is InChI=1S/C14H24N2O2.ClH/c1-4-11(5-2)9-16(6-3)14(17)12-7-13(8-15)18-10-12;/h7,10-11H,4-6,8-9,15H2,1-3H3;1H. The zero-order valence-corrected chi connectivity index (χ0v) is 12.8. The number of nitrogens with two attached hydrogens (primary N) is 1. The molecule has 4 nitrogen and oxygen atoms in total. The van der Waals surface area contributed by atoms with Gasteiger partial charge in [0.05, 0.1) is 12.1 Å². The molecule has 0 spiro atoms. The number of nitrogens with zero attached hydrogens (tertiary/aromatic N) is 1. The normalized spacial score (nSPS) is 10.4. The van der Waals surface area contributed by atoms with Gasteiger partial charge in [-0.2, -0.15) is 0 Å². The summed E-state index contributed by atoms with van der Waals surface area (Å²) in [7, 11) is 0. The number of rotatable bonds is 7. The number of amides is 1. The molecule has 0 fully saturated rings. The third kappa shape index (κ3) is 4.88. The number of hydrogen-bond acceptors (Lipinski definition) is 3. The van der Waals surface area contributed by atoms with E-state index < -0.39 is 0 Å². The average Bonchev–Trinajstić information content (AvgIpc) is 2.88. The van der Waals surface area contributed by atoms with Crippen LogP contribution in [0, 0.1) is 5.92 Å². The van der Waals surface area contributed by atoms with Crippen molar-refractivity contribution in [3.8, 4) is 0 Å². The summed E-state index contributed by atoms with van der Waals surface area (Å²) < 4.78 is 5.21. The number of halogens is 1. The Labute approximate surface area is 121 Å².